The predicted molar refractivity (Wildman–Crippen MR) is 78.6 cm³/mol. The minimum absolute atomic E-state index is 0.0664. The van der Waals surface area contributed by atoms with E-state index in [-0.39, 0.29) is 12.5 Å². The average Bonchev–Trinajstić information content (AvgIpc) is 2.44. The fourth-order valence-corrected chi connectivity index (χ4v) is 2.05. The van der Waals surface area contributed by atoms with Gasteiger partial charge in [-0.05, 0) is 12.0 Å². The van der Waals surface area contributed by atoms with Gasteiger partial charge < -0.3 is 10.4 Å². The number of hydrogen-bond donors (Lipinski definition) is 2. The van der Waals surface area contributed by atoms with E-state index >= 15 is 0 Å². The van der Waals surface area contributed by atoms with E-state index < -0.39 is 11.9 Å². The van der Waals surface area contributed by atoms with Gasteiger partial charge >= 0.3 is 5.97 Å². The van der Waals surface area contributed by atoms with Crippen LogP contribution in [0.3, 0.4) is 0 Å². The van der Waals surface area contributed by atoms with Crippen molar-refractivity contribution in [1.29, 1.82) is 0 Å². The Kier molecular flexibility index (Phi) is 7.40. The Morgan fingerprint density at radius 1 is 1.15 bits per heavy atom. The van der Waals surface area contributed by atoms with Crippen LogP contribution in [-0.2, 0) is 9.59 Å². The van der Waals surface area contributed by atoms with Crippen LogP contribution in [-0.4, -0.2) is 23.5 Å². The topological polar surface area (TPSA) is 66.4 Å². The van der Waals surface area contributed by atoms with Crippen LogP contribution < -0.4 is 5.32 Å². The smallest absolute Gasteiger partial charge is 0.312 e. The van der Waals surface area contributed by atoms with Gasteiger partial charge in [0.05, 0.1) is 5.92 Å². The summed E-state index contributed by atoms with van der Waals surface area (Å²) in [5, 5.41) is 12.0. The van der Waals surface area contributed by atoms with Crippen LogP contribution in [0, 0.1) is 0 Å². The third-order valence-electron chi connectivity index (χ3n) is 3.26. The Labute approximate surface area is 120 Å². The van der Waals surface area contributed by atoms with Crippen molar-refractivity contribution in [3.8, 4) is 0 Å². The van der Waals surface area contributed by atoms with E-state index in [1.54, 1.807) is 24.3 Å². The number of carboxylic acids is 1. The average molecular weight is 277 g/mol. The molecule has 0 fully saturated rings. The number of carbonyl (C=O) groups excluding carboxylic acids is 1. The van der Waals surface area contributed by atoms with Crippen molar-refractivity contribution in [2.75, 3.05) is 6.54 Å². The van der Waals surface area contributed by atoms with Crippen LogP contribution in [0.1, 0.15) is 50.5 Å². The molecule has 0 aromatic heterocycles. The Morgan fingerprint density at radius 2 is 1.85 bits per heavy atom. The van der Waals surface area contributed by atoms with Crippen LogP contribution in [0.2, 0.25) is 0 Å². The summed E-state index contributed by atoms with van der Waals surface area (Å²) in [7, 11) is 0. The lowest BCUT2D eigenvalue weighted by molar-refractivity contribution is -0.138. The maximum Gasteiger partial charge on any atom is 0.312 e. The minimum atomic E-state index is -0.914. The van der Waals surface area contributed by atoms with Gasteiger partial charge in [0.1, 0.15) is 0 Å². The minimum Gasteiger partial charge on any atom is -0.481 e. The molecule has 1 aromatic rings. The van der Waals surface area contributed by atoms with Gasteiger partial charge in [-0.2, -0.15) is 0 Å². The normalized spacial score (nSPS) is 11.8. The van der Waals surface area contributed by atoms with Gasteiger partial charge in [0.25, 0.3) is 0 Å². The first-order valence-corrected chi connectivity index (χ1v) is 7.19. The molecule has 2 N–H and O–H groups in total. The second-order valence-electron chi connectivity index (χ2n) is 4.92. The van der Waals surface area contributed by atoms with Crippen molar-refractivity contribution in [3.05, 3.63) is 35.9 Å². The molecule has 1 atom stereocenters. The first-order valence-electron chi connectivity index (χ1n) is 7.19. The lowest BCUT2D eigenvalue weighted by Gasteiger charge is -2.13. The summed E-state index contributed by atoms with van der Waals surface area (Å²) >= 11 is 0. The fourth-order valence-electron chi connectivity index (χ4n) is 2.05. The van der Waals surface area contributed by atoms with Crippen LogP contribution in [0.15, 0.2) is 30.3 Å². The first-order chi connectivity index (χ1) is 9.65. The van der Waals surface area contributed by atoms with Gasteiger partial charge in [0.15, 0.2) is 0 Å². The summed E-state index contributed by atoms with van der Waals surface area (Å²) < 4.78 is 0. The molecule has 4 heteroatoms. The molecule has 20 heavy (non-hydrogen) atoms. The number of benzene rings is 1. The quantitative estimate of drug-likeness (QED) is 0.682. The summed E-state index contributed by atoms with van der Waals surface area (Å²) in [4.78, 5) is 22.9. The maximum atomic E-state index is 11.7. The van der Waals surface area contributed by atoms with Crippen LogP contribution >= 0.6 is 0 Å². The predicted octanol–water partition coefficient (Wildman–Crippen LogP) is 2.94. The Morgan fingerprint density at radius 3 is 2.45 bits per heavy atom. The first kappa shape index (κ1) is 16.2. The molecule has 0 bridgehead atoms. The van der Waals surface area contributed by atoms with Gasteiger partial charge in [0, 0.05) is 13.0 Å². The van der Waals surface area contributed by atoms with Crippen molar-refractivity contribution in [1.82, 2.24) is 5.32 Å². The molecule has 1 rings (SSSR count). The van der Waals surface area contributed by atoms with E-state index in [1.807, 2.05) is 6.07 Å². The van der Waals surface area contributed by atoms with Gasteiger partial charge in [-0.3, -0.25) is 9.59 Å². The molecule has 1 aromatic carbocycles. The Bertz CT molecular complexity index is 417. The largest absolute Gasteiger partial charge is 0.481 e. The summed E-state index contributed by atoms with van der Waals surface area (Å²) in [6, 6.07) is 8.99. The number of carbonyl (C=O) groups is 2. The second-order valence-corrected chi connectivity index (χ2v) is 4.92. The molecule has 110 valence electrons. The van der Waals surface area contributed by atoms with Gasteiger partial charge in [-0.25, -0.2) is 0 Å². The van der Waals surface area contributed by atoms with Crippen molar-refractivity contribution in [2.45, 2.75) is 44.9 Å². The van der Waals surface area contributed by atoms with Crippen LogP contribution in [0.25, 0.3) is 0 Å². The molecule has 1 amide bonds. The van der Waals surface area contributed by atoms with Crippen molar-refractivity contribution >= 4 is 11.9 Å². The highest BCUT2D eigenvalue weighted by molar-refractivity contribution is 5.79. The second kappa shape index (κ2) is 9.13. The molecule has 1 unspecified atom stereocenters. The van der Waals surface area contributed by atoms with Gasteiger partial charge in [-0.1, -0.05) is 56.5 Å². The van der Waals surface area contributed by atoms with Crippen molar-refractivity contribution in [2.24, 2.45) is 0 Å². The molecule has 0 saturated carbocycles. The van der Waals surface area contributed by atoms with Crippen molar-refractivity contribution < 1.29 is 14.7 Å². The highest BCUT2D eigenvalue weighted by Gasteiger charge is 2.20. The number of aliphatic carboxylic acids is 1. The number of carboxylic acid groups (broad SMARTS) is 1. The SMILES string of the molecule is CCCCCCC(=O)NCC(C(=O)O)c1ccccc1. The van der Waals surface area contributed by atoms with Gasteiger partial charge in [0.2, 0.25) is 5.91 Å². The lowest BCUT2D eigenvalue weighted by Crippen LogP contribution is -2.31. The highest BCUT2D eigenvalue weighted by Crippen LogP contribution is 2.14. The molecule has 4 nitrogen and oxygen atoms in total. The summed E-state index contributed by atoms with van der Waals surface area (Å²) in [6.07, 6.45) is 4.65. The number of nitrogens with one attached hydrogen (secondary N) is 1. The third kappa shape index (κ3) is 5.87. The zero-order valence-electron chi connectivity index (χ0n) is 12.0. The Balaban J connectivity index is 2.40. The zero-order valence-corrected chi connectivity index (χ0v) is 12.0. The van der Waals surface area contributed by atoms with E-state index in [1.165, 1.54) is 0 Å². The van der Waals surface area contributed by atoms with E-state index in [2.05, 4.69) is 12.2 Å². The number of amides is 1. The zero-order chi connectivity index (χ0) is 14.8. The molecule has 0 heterocycles. The molecule has 0 aliphatic carbocycles. The molecule has 0 aliphatic heterocycles. The summed E-state index contributed by atoms with van der Waals surface area (Å²) in [6.45, 7) is 2.27. The third-order valence-corrected chi connectivity index (χ3v) is 3.26. The number of unbranched alkanes of at least 4 members (excludes halogenated alkanes) is 3. The lowest BCUT2D eigenvalue weighted by atomic mass is 9.99. The van der Waals surface area contributed by atoms with Crippen molar-refractivity contribution in [3.63, 3.8) is 0 Å². The van der Waals surface area contributed by atoms with E-state index in [9.17, 15) is 14.7 Å². The van der Waals surface area contributed by atoms with Crippen LogP contribution in [0.5, 0.6) is 0 Å². The number of hydrogen-bond acceptors (Lipinski definition) is 2. The van der Waals surface area contributed by atoms with Crippen LogP contribution in [0.4, 0.5) is 0 Å². The van der Waals surface area contributed by atoms with E-state index in [0.717, 1.165) is 25.7 Å². The fraction of sp³-hybridized carbons (Fsp3) is 0.500. The maximum absolute atomic E-state index is 11.7. The van der Waals surface area contributed by atoms with E-state index in [4.69, 9.17) is 0 Å². The standard InChI is InChI=1S/C16H23NO3/c1-2-3-4-8-11-15(18)17-12-14(16(19)20)13-9-6-5-7-10-13/h5-7,9-10,14H,2-4,8,11-12H2,1H3,(H,17,18)(H,19,20). The molecule has 0 aliphatic rings. The molecule has 0 saturated heterocycles. The highest BCUT2D eigenvalue weighted by atomic mass is 16.4. The summed E-state index contributed by atoms with van der Waals surface area (Å²) in [5.41, 5.74) is 0.714. The Hall–Kier alpha value is -1.84. The summed E-state index contributed by atoms with van der Waals surface area (Å²) in [5.74, 6) is -1.67. The molecule has 0 spiro atoms. The van der Waals surface area contributed by atoms with Gasteiger partial charge in [-0.15, -0.1) is 0 Å². The number of rotatable bonds is 9. The molecular formula is C16H23NO3. The monoisotopic (exact) mass is 277 g/mol. The molecule has 0 radical (unpaired) electrons. The van der Waals surface area contributed by atoms with E-state index in [0.29, 0.717) is 12.0 Å². The molecular weight excluding hydrogens is 254 g/mol.